The summed E-state index contributed by atoms with van der Waals surface area (Å²) in [6, 6.07) is -3.55. The molecule has 0 saturated carbocycles. The number of Topliss-reactive ketones (excluding diaryl/α,β-unsaturated/α-hetero) is 2. The van der Waals surface area contributed by atoms with Crippen LogP contribution in [-0.2, 0) is 52.6 Å². The lowest BCUT2D eigenvalue weighted by atomic mass is 10.1. The van der Waals surface area contributed by atoms with E-state index in [2.05, 4.69) is 20.1 Å². The van der Waals surface area contributed by atoms with Crippen molar-refractivity contribution in [1.29, 1.82) is 0 Å². The van der Waals surface area contributed by atoms with Crippen LogP contribution >= 0.6 is 24.8 Å². The summed E-state index contributed by atoms with van der Waals surface area (Å²) in [6.07, 6.45) is -7.19. The molecule has 0 saturated heterocycles. The second-order valence-electron chi connectivity index (χ2n) is 11.8. The summed E-state index contributed by atoms with van der Waals surface area (Å²) in [6.45, 7) is 3.63. The molecular formula is C32H54Cl2F6N6O12. The van der Waals surface area contributed by atoms with E-state index in [1.165, 1.54) is 13.8 Å². The van der Waals surface area contributed by atoms with Crippen molar-refractivity contribution in [3.05, 3.63) is 0 Å². The van der Waals surface area contributed by atoms with E-state index in [4.69, 9.17) is 16.6 Å². The third-order valence-electron chi connectivity index (χ3n) is 6.69. The van der Waals surface area contributed by atoms with Gasteiger partial charge in [0.05, 0.1) is 27.1 Å². The molecule has 0 spiro atoms. The number of ether oxygens (including phenoxy) is 2. The molecule has 0 bridgehead atoms. The van der Waals surface area contributed by atoms with Crippen molar-refractivity contribution in [3.63, 3.8) is 0 Å². The van der Waals surface area contributed by atoms with Gasteiger partial charge in [0.25, 0.3) is 0 Å². The minimum Gasteiger partial charge on any atom is -0.480 e. The number of halogens is 8. The first-order chi connectivity index (χ1) is 25.8. The zero-order valence-electron chi connectivity index (χ0n) is 32.3. The average Bonchev–Trinajstić information content (AvgIpc) is 3.08. The van der Waals surface area contributed by atoms with Gasteiger partial charge in [0, 0.05) is 13.1 Å². The fourth-order valence-corrected chi connectivity index (χ4v) is 3.87. The number of carboxylic acid groups (broad SMARTS) is 1. The van der Waals surface area contributed by atoms with Crippen LogP contribution in [0, 0.1) is 0 Å². The SMILES string of the molecule is CC(=O)CC(=O)NCCCC[C@H](N)C(=O)O.COC(=O)[C@H](CCCCN)NC(=O)C(F)(F)F.COC(=O)[C@H](CCCCNC(=O)CC(C)=O)NC(=O)C(F)(F)F.Cl.Cl. The Kier molecular flexibility index (Phi) is 37.7. The van der Waals surface area contributed by atoms with Crippen molar-refractivity contribution in [2.45, 2.75) is 115 Å². The van der Waals surface area contributed by atoms with Gasteiger partial charge in [0.2, 0.25) is 11.8 Å². The van der Waals surface area contributed by atoms with Crippen LogP contribution in [0.1, 0.15) is 84.5 Å². The first-order valence-electron chi connectivity index (χ1n) is 17.0. The molecule has 18 nitrogen and oxygen atoms in total. The monoisotopic (exact) mass is 898 g/mol. The highest BCUT2D eigenvalue weighted by atomic mass is 35.5. The van der Waals surface area contributed by atoms with Crippen LogP contribution in [0.25, 0.3) is 0 Å². The topological polar surface area (TPSA) is 292 Å². The highest BCUT2D eigenvalue weighted by molar-refractivity contribution is 5.97. The minimum absolute atomic E-state index is 0. The molecule has 0 fully saturated rings. The molecule has 0 aliphatic rings. The summed E-state index contributed by atoms with van der Waals surface area (Å²) in [5.74, 6) is -8.48. The molecule has 0 heterocycles. The number of methoxy groups -OCH3 is 2. The van der Waals surface area contributed by atoms with E-state index >= 15 is 0 Å². The van der Waals surface area contributed by atoms with Crippen LogP contribution in [0.4, 0.5) is 26.3 Å². The number of nitrogens with two attached hydrogens (primary N) is 2. The molecule has 9 N–H and O–H groups in total. The summed E-state index contributed by atoms with van der Waals surface area (Å²) < 4.78 is 81.1. The van der Waals surface area contributed by atoms with Crippen LogP contribution in [0.15, 0.2) is 0 Å². The van der Waals surface area contributed by atoms with Crippen LogP contribution in [0.2, 0.25) is 0 Å². The Balaban J connectivity index is -0.000000243. The molecule has 0 aromatic heterocycles. The van der Waals surface area contributed by atoms with Gasteiger partial charge in [-0.25, -0.2) is 9.59 Å². The Morgan fingerprint density at radius 3 is 1.21 bits per heavy atom. The molecule has 0 aliphatic heterocycles. The third-order valence-corrected chi connectivity index (χ3v) is 6.69. The van der Waals surface area contributed by atoms with E-state index in [1.54, 1.807) is 10.6 Å². The summed E-state index contributed by atoms with van der Waals surface area (Å²) in [7, 11) is 2.04. The van der Waals surface area contributed by atoms with Crippen molar-refractivity contribution >= 4 is 77.9 Å². The van der Waals surface area contributed by atoms with Gasteiger partial charge >= 0.3 is 42.1 Å². The van der Waals surface area contributed by atoms with Crippen LogP contribution in [-0.4, -0.2) is 123 Å². The Morgan fingerprint density at radius 1 is 0.603 bits per heavy atom. The van der Waals surface area contributed by atoms with Crippen molar-refractivity contribution in [2.75, 3.05) is 33.9 Å². The lowest BCUT2D eigenvalue weighted by Gasteiger charge is -2.17. The summed E-state index contributed by atoms with van der Waals surface area (Å²) in [5.41, 5.74) is 10.5. The summed E-state index contributed by atoms with van der Waals surface area (Å²) in [5, 5.41) is 16.7. The van der Waals surface area contributed by atoms with Gasteiger partial charge in [-0.3, -0.25) is 33.6 Å². The van der Waals surface area contributed by atoms with Crippen LogP contribution in [0.3, 0.4) is 0 Å². The molecule has 4 amide bonds. The van der Waals surface area contributed by atoms with Crippen molar-refractivity contribution < 1.29 is 84.1 Å². The van der Waals surface area contributed by atoms with Gasteiger partial charge < -0.3 is 47.3 Å². The van der Waals surface area contributed by atoms with E-state index in [-0.39, 0.29) is 80.9 Å². The van der Waals surface area contributed by atoms with Crippen LogP contribution < -0.4 is 32.7 Å². The van der Waals surface area contributed by atoms with E-state index < -0.39 is 66.1 Å². The Labute approximate surface area is 343 Å². The molecule has 0 radical (unpaired) electrons. The van der Waals surface area contributed by atoms with E-state index in [0.29, 0.717) is 51.6 Å². The number of unbranched alkanes of at least 4 members (excludes halogenated alkanes) is 3. The molecule has 0 aromatic carbocycles. The Hall–Kier alpha value is -4.29. The molecule has 0 aliphatic carbocycles. The van der Waals surface area contributed by atoms with Gasteiger partial charge in [-0.05, 0) is 78.2 Å². The number of esters is 2. The minimum atomic E-state index is -5.09. The Morgan fingerprint density at radius 2 is 0.931 bits per heavy atom. The van der Waals surface area contributed by atoms with Crippen molar-refractivity contribution in [1.82, 2.24) is 21.3 Å². The van der Waals surface area contributed by atoms with Gasteiger partial charge in [-0.1, -0.05) is 0 Å². The second kappa shape index (κ2) is 34.7. The number of hydrogen-bond acceptors (Lipinski definition) is 13. The molecule has 340 valence electrons. The zero-order valence-corrected chi connectivity index (χ0v) is 33.9. The van der Waals surface area contributed by atoms with Gasteiger partial charge in [-0.15, -0.1) is 24.8 Å². The number of amides is 4. The number of alkyl halides is 6. The number of nitrogens with one attached hydrogen (secondary N) is 4. The largest absolute Gasteiger partial charge is 0.480 e. The smallest absolute Gasteiger partial charge is 0.471 e. The highest BCUT2D eigenvalue weighted by Crippen LogP contribution is 2.16. The maximum absolute atomic E-state index is 12.2. The standard InChI is InChI=1S/C13H19F3N2O5.C10H18N2O4.C9H15F3N2O3.2ClH/c1-8(19)7-10(20)17-6-4-3-5-9(11(21)23-2)18-12(22)13(14,15)16;1-7(13)6-9(14)12-5-3-2-4-8(11)10(15)16;1-17-7(15)6(4-2-3-5-13)14-8(16)9(10,11)12;;/h9H,3-7H2,1-2H3,(H,17,20)(H,18,22);8H,2-6,11H2,1H3,(H,12,14)(H,15,16);6H,2-5,13H2,1H3,(H,14,16);2*1H/t9-;8-;6-;;/m000../s1. The maximum Gasteiger partial charge on any atom is 0.471 e. The number of carboxylic acids is 1. The fraction of sp³-hybridized carbons (Fsp3) is 0.719. The first kappa shape index (κ1) is 62.9. The van der Waals surface area contributed by atoms with Crippen molar-refractivity contribution in [2.24, 2.45) is 11.5 Å². The molecule has 3 atom stereocenters. The van der Waals surface area contributed by atoms with Crippen LogP contribution in [0.5, 0.6) is 0 Å². The first-order valence-corrected chi connectivity index (χ1v) is 17.0. The highest BCUT2D eigenvalue weighted by Gasteiger charge is 2.41. The molecular weight excluding hydrogens is 845 g/mol. The van der Waals surface area contributed by atoms with E-state index in [9.17, 15) is 69.5 Å². The van der Waals surface area contributed by atoms with Gasteiger partial charge in [0.15, 0.2) is 0 Å². The fourth-order valence-electron chi connectivity index (χ4n) is 3.87. The van der Waals surface area contributed by atoms with Crippen molar-refractivity contribution in [3.8, 4) is 0 Å². The zero-order chi connectivity index (χ0) is 44.1. The molecule has 0 rings (SSSR count). The van der Waals surface area contributed by atoms with E-state index in [0.717, 1.165) is 14.2 Å². The third kappa shape index (κ3) is 36.1. The number of ketones is 2. The maximum atomic E-state index is 12.2. The van der Waals surface area contributed by atoms with Gasteiger partial charge in [0.1, 0.15) is 29.7 Å². The molecule has 0 unspecified atom stereocenters. The normalized spacial score (nSPS) is 11.9. The van der Waals surface area contributed by atoms with Gasteiger partial charge in [-0.2, -0.15) is 26.3 Å². The lowest BCUT2D eigenvalue weighted by molar-refractivity contribution is -0.175. The predicted octanol–water partition coefficient (Wildman–Crippen LogP) is 1.32. The summed E-state index contributed by atoms with van der Waals surface area (Å²) in [4.78, 5) is 97.8. The number of rotatable bonds is 23. The molecule has 58 heavy (non-hydrogen) atoms. The summed E-state index contributed by atoms with van der Waals surface area (Å²) >= 11 is 0. The predicted molar refractivity (Wildman–Crippen MR) is 197 cm³/mol. The molecule has 0 aromatic rings. The quantitative estimate of drug-likeness (QED) is 0.0330. The number of hydrogen-bond donors (Lipinski definition) is 7. The molecule has 26 heteroatoms. The van der Waals surface area contributed by atoms with E-state index in [1.807, 2.05) is 0 Å². The lowest BCUT2D eigenvalue weighted by Crippen LogP contribution is -2.47. The number of carbonyl (C=O) groups excluding carboxylic acids is 8. The number of carbonyl (C=O) groups is 9. The average molecular weight is 900 g/mol. The number of aliphatic carboxylic acids is 1. The Bertz CT molecular complexity index is 1300. The second-order valence-corrected chi connectivity index (χ2v) is 11.8.